The number of aryl methyl sites for hydroxylation is 1. The quantitative estimate of drug-likeness (QED) is 0.425. The zero-order chi connectivity index (χ0) is 23.1. The molecule has 5 rings (SSSR count). The molecule has 3 aromatic rings. The number of carbonyl (C=O) groups is 1. The predicted octanol–water partition coefficient (Wildman–Crippen LogP) is 6.34. The van der Waals surface area contributed by atoms with Gasteiger partial charge in [0.1, 0.15) is 0 Å². The third kappa shape index (κ3) is 3.93. The van der Waals surface area contributed by atoms with Gasteiger partial charge in [0.05, 0.1) is 29.5 Å². The van der Waals surface area contributed by atoms with Gasteiger partial charge in [0.2, 0.25) is 0 Å². The molecule has 33 heavy (non-hydrogen) atoms. The first-order valence-corrected chi connectivity index (χ1v) is 11.3. The molecular weight excluding hydrogens is 436 g/mol. The molecule has 0 spiro atoms. The summed E-state index contributed by atoms with van der Waals surface area (Å²) >= 11 is 6.31. The molecule has 0 aromatic heterocycles. The molecule has 0 saturated heterocycles. The molecule has 0 saturated carbocycles. The van der Waals surface area contributed by atoms with E-state index in [0.29, 0.717) is 12.0 Å². The Labute approximate surface area is 198 Å². The van der Waals surface area contributed by atoms with Gasteiger partial charge in [0.15, 0.2) is 17.3 Å². The molecule has 3 aromatic carbocycles. The van der Waals surface area contributed by atoms with Crippen LogP contribution in [0.25, 0.3) is 0 Å². The van der Waals surface area contributed by atoms with E-state index in [2.05, 4.69) is 41.8 Å². The van der Waals surface area contributed by atoms with E-state index in [4.69, 9.17) is 16.3 Å². The molecule has 3 N–H and O–H groups in total. The number of ketones is 1. The lowest BCUT2D eigenvalue weighted by Crippen LogP contribution is -2.27. The summed E-state index contributed by atoms with van der Waals surface area (Å²) < 4.78 is 5.33. The summed E-state index contributed by atoms with van der Waals surface area (Å²) in [5, 5.41) is 17.5. The van der Waals surface area contributed by atoms with Gasteiger partial charge in [-0.25, -0.2) is 0 Å². The topological polar surface area (TPSA) is 70.6 Å². The monoisotopic (exact) mass is 460 g/mol. The lowest BCUT2D eigenvalue weighted by molar-refractivity contribution is -0.116. The van der Waals surface area contributed by atoms with Crippen molar-refractivity contribution in [2.24, 2.45) is 0 Å². The Bertz CT molecular complexity index is 1270. The summed E-state index contributed by atoms with van der Waals surface area (Å²) in [6.07, 6.45) is 1.15. The number of phenols is 1. The molecule has 0 unspecified atom stereocenters. The number of hydrogen-bond acceptors (Lipinski definition) is 5. The van der Waals surface area contributed by atoms with Crippen molar-refractivity contribution in [3.05, 3.63) is 93.6 Å². The number of methoxy groups -OCH3 is 1. The van der Waals surface area contributed by atoms with Crippen LogP contribution in [0.4, 0.5) is 11.4 Å². The number of ether oxygens (including phenoxy) is 1. The van der Waals surface area contributed by atoms with Gasteiger partial charge in [-0.3, -0.25) is 4.79 Å². The molecule has 2 aliphatic rings. The highest BCUT2D eigenvalue weighted by Gasteiger charge is 2.36. The number of aromatic hydroxyl groups is 1. The van der Waals surface area contributed by atoms with Gasteiger partial charge in [0, 0.05) is 17.7 Å². The Morgan fingerprint density at radius 3 is 2.45 bits per heavy atom. The summed E-state index contributed by atoms with van der Waals surface area (Å²) in [5.41, 5.74) is 6.52. The number of halogens is 1. The second-order valence-electron chi connectivity index (χ2n) is 8.63. The summed E-state index contributed by atoms with van der Waals surface area (Å²) in [5.74, 6) is 0.349. The van der Waals surface area contributed by atoms with E-state index in [1.54, 1.807) is 12.1 Å². The largest absolute Gasteiger partial charge is 0.503 e. The number of phenolic OH excluding ortho intramolecular Hbond substituents is 1. The number of Topliss-reactive ketones (excluding diaryl/α,β-unsaturated/α-hetero) is 1. The van der Waals surface area contributed by atoms with E-state index >= 15 is 0 Å². The number of anilines is 2. The third-order valence-electron chi connectivity index (χ3n) is 6.46. The van der Waals surface area contributed by atoms with Crippen molar-refractivity contribution < 1.29 is 14.6 Å². The van der Waals surface area contributed by atoms with Crippen molar-refractivity contribution in [3.63, 3.8) is 0 Å². The van der Waals surface area contributed by atoms with Gasteiger partial charge in [-0.05, 0) is 54.7 Å². The van der Waals surface area contributed by atoms with Crippen molar-refractivity contribution in [2.45, 2.75) is 31.7 Å². The van der Waals surface area contributed by atoms with Gasteiger partial charge >= 0.3 is 0 Å². The van der Waals surface area contributed by atoms with E-state index < -0.39 is 6.04 Å². The van der Waals surface area contributed by atoms with Crippen LogP contribution in [0, 0.1) is 6.92 Å². The molecule has 1 aliphatic heterocycles. The molecular formula is C27H25ClN2O3. The Kier molecular flexibility index (Phi) is 5.51. The zero-order valence-electron chi connectivity index (χ0n) is 18.5. The van der Waals surface area contributed by atoms with Crippen LogP contribution in [0.1, 0.15) is 41.5 Å². The van der Waals surface area contributed by atoms with Gasteiger partial charge in [-0.15, -0.1) is 0 Å². The fourth-order valence-electron chi connectivity index (χ4n) is 4.73. The molecule has 0 amide bonds. The van der Waals surface area contributed by atoms with Crippen LogP contribution in [0.15, 0.2) is 71.9 Å². The minimum absolute atomic E-state index is 0.0859. The maximum absolute atomic E-state index is 13.6. The number of benzene rings is 3. The summed E-state index contributed by atoms with van der Waals surface area (Å²) in [7, 11) is 1.48. The normalized spacial score (nSPS) is 19.7. The summed E-state index contributed by atoms with van der Waals surface area (Å²) in [6.45, 7) is 2.06. The Balaban J connectivity index is 1.63. The fraction of sp³-hybridized carbons (Fsp3) is 0.222. The van der Waals surface area contributed by atoms with Crippen molar-refractivity contribution >= 4 is 28.8 Å². The van der Waals surface area contributed by atoms with Gasteiger partial charge < -0.3 is 20.5 Å². The number of carbonyl (C=O) groups excluding carboxylic acids is 1. The van der Waals surface area contributed by atoms with Gasteiger partial charge in [-0.1, -0.05) is 53.6 Å². The van der Waals surface area contributed by atoms with Gasteiger partial charge in [-0.2, -0.15) is 0 Å². The maximum Gasteiger partial charge on any atom is 0.176 e. The summed E-state index contributed by atoms with van der Waals surface area (Å²) in [6, 6.07) is 19.3. The van der Waals surface area contributed by atoms with Gasteiger partial charge in [0.25, 0.3) is 0 Å². The lowest BCUT2D eigenvalue weighted by Gasteiger charge is -2.30. The smallest absolute Gasteiger partial charge is 0.176 e. The standard InChI is InChI=1S/C27H25ClN2O3/c1-15-7-9-16(10-8-15)17-12-22-25(23(31)13-17)26(30-21-6-4-3-5-20(21)29-22)18-11-19(28)27(32)24(14-18)33-2/h3-11,14,17,26,29-30,32H,12-13H2,1-2H3/t17-,26-/m1/s1. The zero-order valence-corrected chi connectivity index (χ0v) is 19.2. The molecule has 0 radical (unpaired) electrons. The fourth-order valence-corrected chi connectivity index (χ4v) is 4.95. The van der Waals surface area contributed by atoms with Crippen molar-refractivity contribution in [1.29, 1.82) is 0 Å². The number of hydrogen-bond donors (Lipinski definition) is 3. The van der Waals surface area contributed by atoms with E-state index in [1.165, 1.54) is 18.2 Å². The van der Waals surface area contributed by atoms with Crippen LogP contribution < -0.4 is 15.4 Å². The number of rotatable bonds is 3. The number of fused-ring (bicyclic) bond motifs is 1. The average Bonchev–Trinajstić information content (AvgIpc) is 2.98. The molecule has 1 aliphatic carbocycles. The first-order valence-electron chi connectivity index (χ1n) is 11.0. The van der Waals surface area contributed by atoms with E-state index in [0.717, 1.165) is 29.1 Å². The van der Waals surface area contributed by atoms with E-state index in [9.17, 15) is 9.90 Å². The molecule has 168 valence electrons. The minimum Gasteiger partial charge on any atom is -0.503 e. The molecule has 6 heteroatoms. The highest BCUT2D eigenvalue weighted by Crippen LogP contribution is 2.46. The second kappa shape index (κ2) is 8.49. The van der Waals surface area contributed by atoms with Crippen LogP contribution in [-0.4, -0.2) is 18.0 Å². The second-order valence-corrected chi connectivity index (χ2v) is 9.04. The molecule has 0 bridgehead atoms. The van der Waals surface area contributed by atoms with Crippen LogP contribution in [0.2, 0.25) is 5.02 Å². The van der Waals surface area contributed by atoms with Crippen LogP contribution in [0.3, 0.4) is 0 Å². The number of para-hydroxylation sites is 2. The van der Waals surface area contributed by atoms with Crippen LogP contribution >= 0.6 is 11.6 Å². The maximum atomic E-state index is 13.6. The van der Waals surface area contributed by atoms with Crippen molar-refractivity contribution in [2.75, 3.05) is 17.7 Å². The van der Waals surface area contributed by atoms with Crippen molar-refractivity contribution in [3.8, 4) is 11.5 Å². The Hall–Kier alpha value is -3.44. The minimum atomic E-state index is -0.436. The van der Waals surface area contributed by atoms with E-state index in [1.807, 2.05) is 24.3 Å². The molecule has 1 heterocycles. The number of allylic oxidation sites excluding steroid dienone is 1. The lowest BCUT2D eigenvalue weighted by atomic mass is 9.78. The molecule has 2 atom stereocenters. The Morgan fingerprint density at radius 2 is 1.73 bits per heavy atom. The average molecular weight is 461 g/mol. The highest BCUT2D eigenvalue weighted by atomic mass is 35.5. The molecule has 0 fully saturated rings. The predicted molar refractivity (Wildman–Crippen MR) is 131 cm³/mol. The highest BCUT2D eigenvalue weighted by molar-refractivity contribution is 6.32. The van der Waals surface area contributed by atoms with Crippen LogP contribution in [-0.2, 0) is 4.79 Å². The van der Waals surface area contributed by atoms with Crippen molar-refractivity contribution in [1.82, 2.24) is 0 Å². The Morgan fingerprint density at radius 1 is 1.00 bits per heavy atom. The molecule has 5 nitrogen and oxygen atoms in total. The van der Waals surface area contributed by atoms with Crippen LogP contribution in [0.5, 0.6) is 11.5 Å². The first kappa shape index (κ1) is 21.4. The SMILES string of the molecule is COc1cc([C@H]2Nc3ccccc3NC3=C2C(=O)C[C@H](c2ccc(C)cc2)C3)cc(Cl)c1O. The van der Waals surface area contributed by atoms with E-state index in [-0.39, 0.29) is 28.2 Å². The number of nitrogens with one attached hydrogen (secondary N) is 2. The third-order valence-corrected chi connectivity index (χ3v) is 6.75. The first-order chi connectivity index (χ1) is 15.9. The summed E-state index contributed by atoms with van der Waals surface area (Å²) in [4.78, 5) is 13.6.